The minimum Gasteiger partial charge on any atom is -0.493 e. The summed E-state index contributed by atoms with van der Waals surface area (Å²) in [5, 5.41) is 3.91. The van der Waals surface area contributed by atoms with Crippen LogP contribution in [0, 0.1) is 5.82 Å². The van der Waals surface area contributed by atoms with Gasteiger partial charge in [0.15, 0.2) is 18.1 Å². The van der Waals surface area contributed by atoms with Crippen LogP contribution in [0.1, 0.15) is 42.3 Å². The number of hydrazone groups is 1. The Kier molecular flexibility index (Phi) is 8.20. The maximum atomic E-state index is 13.3. The number of ether oxygens (including phenoxy) is 3. The third kappa shape index (κ3) is 7.40. The van der Waals surface area contributed by atoms with E-state index >= 15 is 0 Å². The predicted molar refractivity (Wildman–Crippen MR) is 131 cm³/mol. The fourth-order valence-electron chi connectivity index (χ4n) is 3.03. The largest absolute Gasteiger partial charge is 0.493 e. The first kappa shape index (κ1) is 25.4. The van der Waals surface area contributed by atoms with Crippen molar-refractivity contribution in [2.45, 2.75) is 26.2 Å². The van der Waals surface area contributed by atoms with Crippen LogP contribution in [0.2, 0.25) is 0 Å². The topological polar surface area (TPSA) is 86.2 Å². The molecule has 7 nitrogen and oxygen atoms in total. The number of carbonyl (C=O) groups excluding carboxylic acids is 2. The highest BCUT2D eigenvalue weighted by atomic mass is 19.1. The molecule has 3 aromatic rings. The zero-order chi connectivity index (χ0) is 25.4. The Morgan fingerprint density at radius 2 is 1.74 bits per heavy atom. The highest BCUT2D eigenvalue weighted by Crippen LogP contribution is 2.28. The van der Waals surface area contributed by atoms with E-state index < -0.39 is 17.7 Å². The van der Waals surface area contributed by atoms with Crippen molar-refractivity contribution in [1.29, 1.82) is 0 Å². The lowest BCUT2D eigenvalue weighted by Crippen LogP contribution is -2.24. The molecule has 0 aliphatic rings. The van der Waals surface area contributed by atoms with Gasteiger partial charge >= 0.3 is 5.97 Å². The summed E-state index contributed by atoms with van der Waals surface area (Å²) < 4.78 is 29.4. The minimum absolute atomic E-state index is 0.0362. The molecule has 35 heavy (non-hydrogen) atoms. The smallest absolute Gasteiger partial charge is 0.343 e. The first-order chi connectivity index (χ1) is 16.7. The van der Waals surface area contributed by atoms with Gasteiger partial charge < -0.3 is 14.2 Å². The van der Waals surface area contributed by atoms with Crippen molar-refractivity contribution < 1.29 is 28.2 Å². The second kappa shape index (κ2) is 11.3. The summed E-state index contributed by atoms with van der Waals surface area (Å²) >= 11 is 0. The molecular formula is C27H27FN2O5. The SMILES string of the molecule is COc1cc(C=NNC(=O)COc2ccc(C(C)(C)C)cc2)ccc1OC(=O)c1cccc(F)c1. The van der Waals surface area contributed by atoms with Crippen LogP contribution in [0.4, 0.5) is 4.39 Å². The maximum absolute atomic E-state index is 13.3. The number of halogens is 1. The van der Waals surface area contributed by atoms with Crippen molar-refractivity contribution in [1.82, 2.24) is 5.43 Å². The highest BCUT2D eigenvalue weighted by molar-refractivity contribution is 5.91. The van der Waals surface area contributed by atoms with Crippen molar-refractivity contribution in [3.05, 3.63) is 89.2 Å². The molecule has 3 aromatic carbocycles. The van der Waals surface area contributed by atoms with Gasteiger partial charge in [0, 0.05) is 0 Å². The number of nitrogens with one attached hydrogen (secondary N) is 1. The summed E-state index contributed by atoms with van der Waals surface area (Å²) in [4.78, 5) is 24.3. The van der Waals surface area contributed by atoms with Gasteiger partial charge in [0.2, 0.25) is 0 Å². The number of hydrogen-bond donors (Lipinski definition) is 1. The van der Waals surface area contributed by atoms with Gasteiger partial charge in [-0.1, -0.05) is 39.0 Å². The van der Waals surface area contributed by atoms with Crippen molar-refractivity contribution in [3.8, 4) is 17.2 Å². The first-order valence-corrected chi connectivity index (χ1v) is 10.9. The average Bonchev–Trinajstić information content (AvgIpc) is 2.83. The zero-order valence-corrected chi connectivity index (χ0v) is 20.0. The quantitative estimate of drug-likeness (QED) is 0.216. The van der Waals surface area contributed by atoms with Crippen LogP contribution < -0.4 is 19.6 Å². The molecule has 0 spiro atoms. The molecule has 0 saturated carbocycles. The third-order valence-electron chi connectivity index (χ3n) is 4.94. The van der Waals surface area contributed by atoms with E-state index in [4.69, 9.17) is 14.2 Å². The van der Waals surface area contributed by atoms with Gasteiger partial charge in [-0.25, -0.2) is 14.6 Å². The lowest BCUT2D eigenvalue weighted by atomic mass is 9.87. The van der Waals surface area contributed by atoms with Crippen LogP contribution in [-0.4, -0.2) is 31.8 Å². The van der Waals surface area contributed by atoms with E-state index in [0.29, 0.717) is 11.3 Å². The summed E-state index contributed by atoms with van der Waals surface area (Å²) in [5.41, 5.74) is 4.26. The molecule has 0 fully saturated rings. The Labute approximate surface area is 203 Å². The molecule has 3 rings (SSSR count). The second-order valence-corrected chi connectivity index (χ2v) is 8.67. The number of amides is 1. The molecular weight excluding hydrogens is 451 g/mol. The van der Waals surface area contributed by atoms with Crippen molar-refractivity contribution in [2.24, 2.45) is 5.10 Å². The van der Waals surface area contributed by atoms with Crippen LogP contribution >= 0.6 is 0 Å². The average molecular weight is 479 g/mol. The molecule has 1 N–H and O–H groups in total. The van der Waals surface area contributed by atoms with Crippen LogP contribution in [-0.2, 0) is 10.2 Å². The van der Waals surface area contributed by atoms with E-state index in [1.54, 1.807) is 12.1 Å². The van der Waals surface area contributed by atoms with Crippen LogP contribution in [0.5, 0.6) is 17.2 Å². The van der Waals surface area contributed by atoms with Crippen molar-refractivity contribution in [3.63, 3.8) is 0 Å². The fraction of sp³-hybridized carbons (Fsp3) is 0.222. The molecule has 182 valence electrons. The Hall–Kier alpha value is -4.20. The zero-order valence-electron chi connectivity index (χ0n) is 20.0. The van der Waals surface area contributed by atoms with E-state index in [9.17, 15) is 14.0 Å². The molecule has 0 heterocycles. The van der Waals surface area contributed by atoms with E-state index in [-0.39, 0.29) is 29.1 Å². The lowest BCUT2D eigenvalue weighted by Gasteiger charge is -2.19. The molecule has 0 aliphatic carbocycles. The van der Waals surface area contributed by atoms with Crippen LogP contribution in [0.3, 0.4) is 0 Å². The molecule has 8 heteroatoms. The molecule has 0 saturated heterocycles. The maximum Gasteiger partial charge on any atom is 0.343 e. The number of esters is 1. The van der Waals surface area contributed by atoms with Gasteiger partial charge in [0.05, 0.1) is 18.9 Å². The Morgan fingerprint density at radius 1 is 1.00 bits per heavy atom. The van der Waals surface area contributed by atoms with Gasteiger partial charge in [-0.2, -0.15) is 5.10 Å². The van der Waals surface area contributed by atoms with E-state index in [1.807, 2.05) is 24.3 Å². The van der Waals surface area contributed by atoms with Crippen LogP contribution in [0.15, 0.2) is 71.8 Å². The van der Waals surface area contributed by atoms with Crippen molar-refractivity contribution >= 4 is 18.1 Å². The molecule has 0 unspecified atom stereocenters. The number of methoxy groups -OCH3 is 1. The fourth-order valence-corrected chi connectivity index (χ4v) is 3.03. The van der Waals surface area contributed by atoms with E-state index in [0.717, 1.165) is 6.07 Å². The second-order valence-electron chi connectivity index (χ2n) is 8.67. The molecule has 0 atom stereocenters. The number of nitrogens with zero attached hydrogens (tertiary/aromatic N) is 1. The number of rotatable bonds is 8. The summed E-state index contributed by atoms with van der Waals surface area (Å²) in [5.74, 6) is -0.659. The van der Waals surface area contributed by atoms with Gasteiger partial charge in [-0.3, -0.25) is 4.79 Å². The predicted octanol–water partition coefficient (Wildman–Crippen LogP) is 4.88. The summed E-state index contributed by atoms with van der Waals surface area (Å²) in [6, 6.07) is 17.5. The number of benzene rings is 3. The van der Waals surface area contributed by atoms with E-state index in [2.05, 4.69) is 31.3 Å². The minimum atomic E-state index is -0.718. The third-order valence-corrected chi connectivity index (χ3v) is 4.94. The van der Waals surface area contributed by atoms with E-state index in [1.165, 1.54) is 43.2 Å². The Bertz CT molecular complexity index is 1220. The van der Waals surface area contributed by atoms with Gasteiger partial charge in [-0.15, -0.1) is 0 Å². The van der Waals surface area contributed by atoms with Gasteiger partial charge in [0.25, 0.3) is 5.91 Å². The Balaban J connectivity index is 1.54. The summed E-state index contributed by atoms with van der Waals surface area (Å²) in [7, 11) is 1.42. The van der Waals surface area contributed by atoms with Crippen molar-refractivity contribution in [2.75, 3.05) is 13.7 Å². The summed E-state index contributed by atoms with van der Waals surface area (Å²) in [6.07, 6.45) is 1.41. The molecule has 0 aromatic heterocycles. The number of hydrogen-bond acceptors (Lipinski definition) is 6. The standard InChI is InChI=1S/C27H27FN2O5/c1-27(2,3)20-9-11-22(12-10-20)34-17-25(31)30-29-16-18-8-13-23(24(14-18)33-4)35-26(32)19-6-5-7-21(28)15-19/h5-16H,17H2,1-4H3,(H,30,31). The van der Waals surface area contributed by atoms with Gasteiger partial charge in [0.1, 0.15) is 11.6 Å². The highest BCUT2D eigenvalue weighted by Gasteiger charge is 2.14. The lowest BCUT2D eigenvalue weighted by molar-refractivity contribution is -0.123. The van der Waals surface area contributed by atoms with Gasteiger partial charge in [-0.05, 0) is 65.1 Å². The monoisotopic (exact) mass is 478 g/mol. The normalized spacial score (nSPS) is 11.2. The molecule has 0 radical (unpaired) electrons. The number of carbonyl (C=O) groups is 2. The molecule has 0 bridgehead atoms. The first-order valence-electron chi connectivity index (χ1n) is 10.9. The molecule has 0 aliphatic heterocycles. The summed E-state index contributed by atoms with van der Waals surface area (Å²) in [6.45, 7) is 6.18. The van der Waals surface area contributed by atoms with Crippen LogP contribution in [0.25, 0.3) is 0 Å². The molecule has 1 amide bonds. The Morgan fingerprint density at radius 3 is 2.40 bits per heavy atom.